The van der Waals surface area contributed by atoms with E-state index in [-0.39, 0.29) is 0 Å². The van der Waals surface area contributed by atoms with E-state index in [1.807, 2.05) is 6.08 Å². The largest absolute Gasteiger partial charge is 0.505 e. The summed E-state index contributed by atoms with van der Waals surface area (Å²) in [5.41, 5.74) is 4.69. The molecule has 3 rings (SSSR count). The van der Waals surface area contributed by atoms with Crippen LogP contribution in [0.25, 0.3) is 16.6 Å². The molecule has 0 amide bonds. The van der Waals surface area contributed by atoms with Gasteiger partial charge in [0.05, 0.1) is 13.4 Å². The lowest BCUT2D eigenvalue weighted by molar-refractivity contribution is 0.337. The molecular formula is C16H19N3O. The molecule has 4 heteroatoms. The standard InChI is InChI=1S/C16H19N3O/c1-20-10-2-3-13-4-5-14-15(11-18-16(14)19-13)12-6-8-17-9-7-12/h2,4-6,10-11,17H,3,7-9H2,1H3,(H,18,19)/b10-2-. The van der Waals surface area contributed by atoms with Crippen molar-refractivity contribution in [3.63, 3.8) is 0 Å². The van der Waals surface area contributed by atoms with E-state index in [1.165, 1.54) is 16.5 Å². The Bertz CT molecular complexity index is 655. The normalized spacial score (nSPS) is 15.8. The van der Waals surface area contributed by atoms with Gasteiger partial charge in [-0.15, -0.1) is 0 Å². The number of hydrogen-bond acceptors (Lipinski definition) is 3. The lowest BCUT2D eigenvalue weighted by Gasteiger charge is -2.13. The Hall–Kier alpha value is -2.07. The van der Waals surface area contributed by atoms with Crippen LogP contribution in [0.2, 0.25) is 0 Å². The maximum atomic E-state index is 4.90. The summed E-state index contributed by atoms with van der Waals surface area (Å²) in [6.45, 7) is 2.00. The van der Waals surface area contributed by atoms with Gasteiger partial charge in [0.15, 0.2) is 0 Å². The fourth-order valence-electron chi connectivity index (χ4n) is 2.56. The Balaban J connectivity index is 1.90. The average molecular weight is 269 g/mol. The Morgan fingerprint density at radius 3 is 3.15 bits per heavy atom. The van der Waals surface area contributed by atoms with E-state index in [0.717, 1.165) is 37.3 Å². The monoisotopic (exact) mass is 269 g/mol. The van der Waals surface area contributed by atoms with E-state index in [0.29, 0.717) is 0 Å². The number of nitrogens with zero attached hydrogens (tertiary/aromatic N) is 1. The van der Waals surface area contributed by atoms with E-state index in [9.17, 15) is 0 Å². The first kappa shape index (κ1) is 12.9. The Kier molecular flexibility index (Phi) is 3.83. The molecule has 0 fully saturated rings. The number of H-pyrrole nitrogens is 1. The maximum Gasteiger partial charge on any atom is 0.138 e. The summed E-state index contributed by atoms with van der Waals surface area (Å²) in [4.78, 5) is 7.95. The third-order valence-corrected chi connectivity index (χ3v) is 3.57. The molecule has 1 aliphatic heterocycles. The lowest BCUT2D eigenvalue weighted by Crippen LogP contribution is -2.19. The topological polar surface area (TPSA) is 49.9 Å². The second kappa shape index (κ2) is 5.92. The van der Waals surface area contributed by atoms with Gasteiger partial charge in [0.25, 0.3) is 0 Å². The fraction of sp³-hybridized carbons (Fsp3) is 0.312. The second-order valence-corrected chi connectivity index (χ2v) is 4.90. The van der Waals surface area contributed by atoms with E-state index < -0.39 is 0 Å². The molecule has 0 aromatic carbocycles. The average Bonchev–Trinajstić information content (AvgIpc) is 2.91. The number of allylic oxidation sites excluding steroid dienone is 1. The summed E-state index contributed by atoms with van der Waals surface area (Å²) in [6, 6.07) is 4.24. The van der Waals surface area contributed by atoms with Crippen molar-refractivity contribution < 1.29 is 4.74 Å². The smallest absolute Gasteiger partial charge is 0.138 e. The number of ether oxygens (including phenoxy) is 1. The zero-order chi connectivity index (χ0) is 13.8. The summed E-state index contributed by atoms with van der Waals surface area (Å²) in [5, 5.41) is 4.55. The predicted molar refractivity (Wildman–Crippen MR) is 81.4 cm³/mol. The van der Waals surface area contributed by atoms with Crippen LogP contribution >= 0.6 is 0 Å². The molecule has 20 heavy (non-hydrogen) atoms. The second-order valence-electron chi connectivity index (χ2n) is 4.90. The van der Waals surface area contributed by atoms with Gasteiger partial charge in [-0.05, 0) is 36.7 Å². The summed E-state index contributed by atoms with van der Waals surface area (Å²) < 4.78 is 4.90. The molecule has 0 spiro atoms. The van der Waals surface area contributed by atoms with Crippen LogP contribution < -0.4 is 5.32 Å². The highest BCUT2D eigenvalue weighted by atomic mass is 16.5. The van der Waals surface area contributed by atoms with Crippen LogP contribution in [-0.4, -0.2) is 30.2 Å². The molecule has 1 aliphatic rings. The van der Waals surface area contributed by atoms with Crippen LogP contribution in [0.15, 0.2) is 36.7 Å². The number of nitrogens with one attached hydrogen (secondary N) is 2. The summed E-state index contributed by atoms with van der Waals surface area (Å²) in [6.07, 6.45) is 9.85. The number of rotatable bonds is 4. The molecule has 2 aromatic heterocycles. The molecule has 2 aromatic rings. The summed E-state index contributed by atoms with van der Waals surface area (Å²) in [5.74, 6) is 0. The Morgan fingerprint density at radius 1 is 1.40 bits per heavy atom. The van der Waals surface area contributed by atoms with Gasteiger partial charge in [-0.1, -0.05) is 6.08 Å². The summed E-state index contributed by atoms with van der Waals surface area (Å²) >= 11 is 0. The van der Waals surface area contributed by atoms with Crippen LogP contribution in [0.1, 0.15) is 17.7 Å². The maximum absolute atomic E-state index is 4.90. The number of methoxy groups -OCH3 is 1. The first-order chi connectivity index (χ1) is 9.88. The van der Waals surface area contributed by atoms with Crippen LogP contribution in [-0.2, 0) is 11.2 Å². The van der Waals surface area contributed by atoms with Gasteiger partial charge in [0, 0.05) is 35.8 Å². The zero-order valence-corrected chi connectivity index (χ0v) is 11.6. The molecule has 0 unspecified atom stereocenters. The SMILES string of the molecule is CO/C=C\Cc1ccc2c(C3=CCNCC3)c[nH]c2n1. The van der Waals surface area contributed by atoms with Crippen molar-refractivity contribution in [1.82, 2.24) is 15.3 Å². The third-order valence-electron chi connectivity index (χ3n) is 3.57. The van der Waals surface area contributed by atoms with Gasteiger partial charge < -0.3 is 15.0 Å². The van der Waals surface area contributed by atoms with Crippen molar-refractivity contribution in [2.45, 2.75) is 12.8 Å². The van der Waals surface area contributed by atoms with Gasteiger partial charge in [-0.2, -0.15) is 0 Å². The van der Waals surface area contributed by atoms with Gasteiger partial charge in [0.1, 0.15) is 5.65 Å². The number of fused-ring (bicyclic) bond motifs is 1. The highest BCUT2D eigenvalue weighted by molar-refractivity contribution is 5.90. The summed E-state index contributed by atoms with van der Waals surface area (Å²) in [7, 11) is 1.65. The number of aromatic amines is 1. The van der Waals surface area contributed by atoms with Gasteiger partial charge in [0.2, 0.25) is 0 Å². The van der Waals surface area contributed by atoms with Crippen molar-refractivity contribution in [3.8, 4) is 0 Å². The molecule has 0 bridgehead atoms. The van der Waals surface area contributed by atoms with Gasteiger partial charge >= 0.3 is 0 Å². The van der Waals surface area contributed by atoms with E-state index >= 15 is 0 Å². The molecule has 2 N–H and O–H groups in total. The van der Waals surface area contributed by atoms with Crippen molar-refractivity contribution in [2.75, 3.05) is 20.2 Å². The number of hydrogen-bond donors (Lipinski definition) is 2. The Labute approximate surface area is 118 Å². The molecule has 4 nitrogen and oxygen atoms in total. The van der Waals surface area contributed by atoms with Crippen LogP contribution in [0.5, 0.6) is 0 Å². The molecule has 104 valence electrons. The quantitative estimate of drug-likeness (QED) is 0.839. The van der Waals surface area contributed by atoms with Gasteiger partial charge in [-0.25, -0.2) is 4.98 Å². The minimum Gasteiger partial charge on any atom is -0.505 e. The predicted octanol–water partition coefficient (Wildman–Crippen LogP) is 2.64. The fourth-order valence-corrected chi connectivity index (χ4v) is 2.56. The molecule has 0 atom stereocenters. The van der Waals surface area contributed by atoms with Crippen LogP contribution in [0.3, 0.4) is 0 Å². The first-order valence-electron chi connectivity index (χ1n) is 6.93. The van der Waals surface area contributed by atoms with Gasteiger partial charge in [-0.3, -0.25) is 0 Å². The van der Waals surface area contributed by atoms with Crippen LogP contribution in [0, 0.1) is 0 Å². The highest BCUT2D eigenvalue weighted by Crippen LogP contribution is 2.27. The third kappa shape index (κ3) is 2.60. The Morgan fingerprint density at radius 2 is 2.35 bits per heavy atom. The minimum absolute atomic E-state index is 0.782. The highest BCUT2D eigenvalue weighted by Gasteiger charge is 2.11. The molecule has 0 aliphatic carbocycles. The van der Waals surface area contributed by atoms with Crippen LogP contribution in [0.4, 0.5) is 0 Å². The molecule has 0 radical (unpaired) electrons. The van der Waals surface area contributed by atoms with Crippen molar-refractivity contribution >= 4 is 16.6 Å². The van der Waals surface area contributed by atoms with Crippen molar-refractivity contribution in [2.24, 2.45) is 0 Å². The van der Waals surface area contributed by atoms with Crippen molar-refractivity contribution in [3.05, 3.63) is 48.0 Å². The molecule has 0 saturated carbocycles. The molecule has 3 heterocycles. The van der Waals surface area contributed by atoms with Crippen molar-refractivity contribution in [1.29, 1.82) is 0 Å². The molecule has 0 saturated heterocycles. The van der Waals surface area contributed by atoms with E-state index in [2.05, 4.69) is 39.7 Å². The zero-order valence-electron chi connectivity index (χ0n) is 11.6. The minimum atomic E-state index is 0.782. The van der Waals surface area contributed by atoms with E-state index in [1.54, 1.807) is 13.4 Å². The first-order valence-corrected chi connectivity index (χ1v) is 6.93. The lowest BCUT2D eigenvalue weighted by atomic mass is 10.0. The number of pyridine rings is 1. The number of aromatic nitrogens is 2. The molecular weight excluding hydrogens is 250 g/mol. The van der Waals surface area contributed by atoms with E-state index in [4.69, 9.17) is 4.74 Å².